The fourth-order valence-corrected chi connectivity index (χ4v) is 3.98. The van der Waals surface area contributed by atoms with Gasteiger partial charge in [0.1, 0.15) is 17.4 Å². The molecular weight excluding hydrogens is 373 g/mol. The van der Waals surface area contributed by atoms with Crippen molar-refractivity contribution >= 4 is 5.91 Å². The molecule has 0 unspecified atom stereocenters. The van der Waals surface area contributed by atoms with Crippen LogP contribution in [0.5, 0.6) is 5.75 Å². The Morgan fingerprint density at radius 2 is 2.00 bits per heavy atom. The minimum atomic E-state index is -0.687. The topological polar surface area (TPSA) is 75.5 Å². The maximum absolute atomic E-state index is 14.3. The van der Waals surface area contributed by atoms with Gasteiger partial charge in [-0.1, -0.05) is 6.07 Å². The van der Waals surface area contributed by atoms with Gasteiger partial charge in [-0.05, 0) is 42.5 Å². The Morgan fingerprint density at radius 1 is 1.24 bits per heavy atom. The van der Waals surface area contributed by atoms with Crippen LogP contribution >= 0.6 is 0 Å². The van der Waals surface area contributed by atoms with E-state index in [9.17, 15) is 14.4 Å². The van der Waals surface area contributed by atoms with Gasteiger partial charge in [0.15, 0.2) is 5.75 Å². The van der Waals surface area contributed by atoms with E-state index >= 15 is 0 Å². The average Bonchev–Trinajstić information content (AvgIpc) is 2.73. The van der Waals surface area contributed by atoms with E-state index in [-0.39, 0.29) is 22.8 Å². The summed E-state index contributed by atoms with van der Waals surface area (Å²) in [6, 6.07) is 8.51. The highest BCUT2D eigenvalue weighted by Gasteiger charge is 2.36. The number of ether oxygens (including phenoxy) is 2. The second kappa shape index (κ2) is 8.18. The first kappa shape index (κ1) is 19.3. The molecule has 1 amide bonds. The van der Waals surface area contributed by atoms with Crippen molar-refractivity contribution in [3.05, 3.63) is 58.7 Å². The number of carbonyl (C=O) groups is 1. The lowest BCUT2D eigenvalue weighted by Crippen LogP contribution is -2.49. The fourth-order valence-electron chi connectivity index (χ4n) is 3.98. The van der Waals surface area contributed by atoms with E-state index in [4.69, 9.17) is 9.47 Å². The number of hydrogen-bond acceptors (Lipinski definition) is 5. The summed E-state index contributed by atoms with van der Waals surface area (Å²) in [5, 5.41) is 9.17. The van der Waals surface area contributed by atoms with Crippen molar-refractivity contribution in [3.8, 4) is 11.8 Å². The second-order valence-corrected chi connectivity index (χ2v) is 7.43. The monoisotopic (exact) mass is 395 g/mol. The third kappa shape index (κ3) is 3.68. The van der Waals surface area contributed by atoms with Gasteiger partial charge in [0.25, 0.3) is 5.91 Å². The van der Waals surface area contributed by atoms with E-state index in [1.807, 2.05) is 18.3 Å². The van der Waals surface area contributed by atoms with E-state index in [2.05, 4.69) is 11.1 Å². The molecule has 0 atom stereocenters. The number of halogens is 1. The lowest BCUT2D eigenvalue weighted by atomic mass is 9.90. The molecule has 1 aromatic carbocycles. The molecule has 3 heterocycles. The number of aromatic nitrogens is 1. The molecule has 2 saturated heterocycles. The lowest BCUT2D eigenvalue weighted by Gasteiger charge is -2.39. The molecule has 0 N–H and O–H groups in total. The van der Waals surface area contributed by atoms with Gasteiger partial charge in [0, 0.05) is 44.1 Å². The highest BCUT2D eigenvalue weighted by Crippen LogP contribution is 2.33. The van der Waals surface area contributed by atoms with Gasteiger partial charge >= 0.3 is 0 Å². The zero-order valence-electron chi connectivity index (χ0n) is 16.2. The summed E-state index contributed by atoms with van der Waals surface area (Å²) < 4.78 is 24.9. The molecule has 0 saturated carbocycles. The minimum Gasteiger partial charge on any atom is -0.494 e. The molecule has 2 aliphatic rings. The molecule has 4 rings (SSSR count). The highest BCUT2D eigenvalue weighted by molar-refractivity contribution is 5.98. The van der Waals surface area contributed by atoms with Gasteiger partial charge in [-0.15, -0.1) is 0 Å². The van der Waals surface area contributed by atoms with Crippen molar-refractivity contribution in [2.45, 2.75) is 24.7 Å². The van der Waals surface area contributed by atoms with E-state index in [1.165, 1.54) is 18.7 Å². The SMILES string of the molecule is COc1c(C#N)ccc(F)c1C(=O)N1CC(c2ccc(C3CCOCC3)cn2)C1. The number of likely N-dealkylation sites (tertiary alicyclic amines) is 1. The summed E-state index contributed by atoms with van der Waals surface area (Å²) in [6.07, 6.45) is 3.96. The molecule has 150 valence electrons. The number of amides is 1. The predicted octanol–water partition coefficient (Wildman–Crippen LogP) is 3.23. The molecule has 1 aromatic heterocycles. The first-order valence-corrected chi connectivity index (χ1v) is 9.71. The van der Waals surface area contributed by atoms with Crippen LogP contribution in [0.25, 0.3) is 0 Å². The van der Waals surface area contributed by atoms with Crippen molar-refractivity contribution < 1.29 is 18.7 Å². The number of carbonyl (C=O) groups excluding carboxylic acids is 1. The summed E-state index contributed by atoms with van der Waals surface area (Å²) in [4.78, 5) is 19.0. The zero-order valence-corrected chi connectivity index (χ0v) is 16.2. The average molecular weight is 395 g/mol. The Balaban J connectivity index is 1.44. The molecular formula is C22H22FN3O3. The molecule has 0 radical (unpaired) electrons. The van der Waals surface area contributed by atoms with Crippen LogP contribution in [-0.4, -0.2) is 49.2 Å². The predicted molar refractivity (Wildman–Crippen MR) is 103 cm³/mol. The van der Waals surface area contributed by atoms with Gasteiger partial charge in [-0.25, -0.2) is 4.39 Å². The number of methoxy groups -OCH3 is 1. The van der Waals surface area contributed by atoms with E-state index < -0.39 is 11.7 Å². The van der Waals surface area contributed by atoms with E-state index in [0.717, 1.165) is 37.8 Å². The van der Waals surface area contributed by atoms with Crippen LogP contribution in [0.3, 0.4) is 0 Å². The van der Waals surface area contributed by atoms with Crippen LogP contribution in [-0.2, 0) is 4.74 Å². The summed E-state index contributed by atoms with van der Waals surface area (Å²) in [6.45, 7) is 2.50. The standard InChI is InChI=1S/C22H22FN3O3/c1-28-21-15(10-24)2-4-18(23)20(21)22(27)26-12-17(13-26)19-5-3-16(11-25-19)14-6-8-29-9-7-14/h2-5,11,14,17H,6-9,12-13H2,1H3. The summed E-state index contributed by atoms with van der Waals surface area (Å²) in [5.41, 5.74) is 2.11. The van der Waals surface area contributed by atoms with Crippen molar-refractivity contribution in [1.82, 2.24) is 9.88 Å². The number of benzene rings is 1. The number of hydrogen-bond donors (Lipinski definition) is 0. The molecule has 6 nitrogen and oxygen atoms in total. The third-order valence-corrected chi connectivity index (χ3v) is 5.73. The highest BCUT2D eigenvalue weighted by atomic mass is 19.1. The Hall–Kier alpha value is -2.98. The third-order valence-electron chi connectivity index (χ3n) is 5.73. The number of rotatable bonds is 4. The molecule has 2 aliphatic heterocycles. The van der Waals surface area contributed by atoms with Crippen LogP contribution in [0.1, 0.15) is 51.9 Å². The van der Waals surface area contributed by atoms with E-state index in [0.29, 0.717) is 19.0 Å². The Labute approximate surface area is 168 Å². The van der Waals surface area contributed by atoms with Gasteiger partial charge in [-0.3, -0.25) is 9.78 Å². The Morgan fingerprint density at radius 3 is 2.62 bits per heavy atom. The van der Waals surface area contributed by atoms with Crippen molar-refractivity contribution in [2.24, 2.45) is 0 Å². The van der Waals surface area contributed by atoms with Crippen LogP contribution in [0.4, 0.5) is 4.39 Å². The van der Waals surface area contributed by atoms with Gasteiger partial charge in [-0.2, -0.15) is 5.26 Å². The minimum absolute atomic E-state index is 0.0140. The van der Waals surface area contributed by atoms with Crippen molar-refractivity contribution in [1.29, 1.82) is 5.26 Å². The van der Waals surface area contributed by atoms with Gasteiger partial charge in [0.2, 0.25) is 0 Å². The largest absolute Gasteiger partial charge is 0.494 e. The number of nitrogens with zero attached hydrogens (tertiary/aromatic N) is 3. The quantitative estimate of drug-likeness (QED) is 0.795. The maximum Gasteiger partial charge on any atom is 0.260 e. The summed E-state index contributed by atoms with van der Waals surface area (Å²) in [5.74, 6) is -0.553. The smallest absolute Gasteiger partial charge is 0.260 e. The van der Waals surface area contributed by atoms with Crippen molar-refractivity contribution in [3.63, 3.8) is 0 Å². The first-order valence-electron chi connectivity index (χ1n) is 9.71. The van der Waals surface area contributed by atoms with Crippen LogP contribution in [0.2, 0.25) is 0 Å². The Kier molecular flexibility index (Phi) is 5.45. The fraction of sp³-hybridized carbons (Fsp3) is 0.409. The molecule has 29 heavy (non-hydrogen) atoms. The summed E-state index contributed by atoms with van der Waals surface area (Å²) in [7, 11) is 1.33. The second-order valence-electron chi connectivity index (χ2n) is 7.43. The molecule has 0 bridgehead atoms. The first-order chi connectivity index (χ1) is 14.1. The normalized spacial score (nSPS) is 17.5. The van der Waals surface area contributed by atoms with Gasteiger partial charge in [0.05, 0.1) is 12.7 Å². The van der Waals surface area contributed by atoms with Crippen LogP contribution in [0.15, 0.2) is 30.5 Å². The molecule has 0 aliphatic carbocycles. The molecule has 2 fully saturated rings. The van der Waals surface area contributed by atoms with E-state index in [1.54, 1.807) is 4.90 Å². The Bertz CT molecular complexity index is 943. The molecule has 7 heteroatoms. The maximum atomic E-state index is 14.3. The number of nitriles is 1. The molecule has 0 spiro atoms. The summed E-state index contributed by atoms with van der Waals surface area (Å²) >= 11 is 0. The zero-order chi connectivity index (χ0) is 20.4. The van der Waals surface area contributed by atoms with Crippen molar-refractivity contribution in [2.75, 3.05) is 33.4 Å². The number of pyridine rings is 1. The van der Waals surface area contributed by atoms with Gasteiger partial charge < -0.3 is 14.4 Å². The lowest BCUT2D eigenvalue weighted by molar-refractivity contribution is 0.0590. The van der Waals surface area contributed by atoms with Crippen LogP contribution < -0.4 is 4.74 Å². The molecule has 2 aromatic rings. The van der Waals surface area contributed by atoms with Crippen LogP contribution in [0, 0.1) is 17.1 Å².